The van der Waals surface area contributed by atoms with Gasteiger partial charge < -0.3 is 14.2 Å². The Morgan fingerprint density at radius 2 is 1.77 bits per heavy atom. The van der Waals surface area contributed by atoms with Gasteiger partial charge in [-0.15, -0.1) is 0 Å². The lowest BCUT2D eigenvalue weighted by Crippen LogP contribution is -2.27. The third-order valence-electron chi connectivity index (χ3n) is 3.98. The van der Waals surface area contributed by atoms with E-state index in [2.05, 4.69) is 4.74 Å². The van der Waals surface area contributed by atoms with E-state index in [-0.39, 0.29) is 24.0 Å². The van der Waals surface area contributed by atoms with Crippen molar-refractivity contribution in [2.24, 2.45) is 0 Å². The highest BCUT2D eigenvalue weighted by molar-refractivity contribution is 8.27. The number of alkyl halides is 2. The molecule has 3 rings (SSSR count). The number of hydrogen-bond acceptors (Lipinski definition) is 6. The third-order valence-corrected chi connectivity index (χ3v) is 5.28. The molecule has 158 valence electrons. The summed E-state index contributed by atoms with van der Waals surface area (Å²) in [5.74, 6) is 0.552. The van der Waals surface area contributed by atoms with E-state index >= 15 is 0 Å². The Morgan fingerprint density at radius 3 is 2.40 bits per heavy atom. The van der Waals surface area contributed by atoms with Gasteiger partial charge in [-0.3, -0.25) is 9.69 Å². The van der Waals surface area contributed by atoms with Crippen molar-refractivity contribution in [3.8, 4) is 17.2 Å². The Bertz CT molecular complexity index is 964. The fourth-order valence-corrected chi connectivity index (χ4v) is 4.07. The minimum atomic E-state index is -2.96. The van der Waals surface area contributed by atoms with Crippen molar-refractivity contribution in [3.63, 3.8) is 0 Å². The van der Waals surface area contributed by atoms with Gasteiger partial charge >= 0.3 is 6.61 Å². The van der Waals surface area contributed by atoms with Gasteiger partial charge in [0.15, 0.2) is 15.8 Å². The molecule has 5 nitrogen and oxygen atoms in total. The number of thiocarbonyl (C=S) groups is 1. The fourth-order valence-electron chi connectivity index (χ4n) is 2.78. The third kappa shape index (κ3) is 5.09. The molecule has 0 aromatic heterocycles. The maximum atomic E-state index is 12.9. The molecule has 1 saturated heterocycles. The molecule has 2 aromatic carbocycles. The molecule has 0 bridgehead atoms. The van der Waals surface area contributed by atoms with Crippen LogP contribution < -0.4 is 19.1 Å². The lowest BCUT2D eigenvalue weighted by Gasteiger charge is -2.15. The van der Waals surface area contributed by atoms with Gasteiger partial charge in [-0.05, 0) is 61.9 Å². The average Bonchev–Trinajstić information content (AvgIpc) is 2.98. The van der Waals surface area contributed by atoms with Crippen LogP contribution in [0.15, 0.2) is 47.4 Å². The summed E-state index contributed by atoms with van der Waals surface area (Å²) in [4.78, 5) is 14.8. The van der Waals surface area contributed by atoms with Crippen molar-refractivity contribution in [1.29, 1.82) is 0 Å². The van der Waals surface area contributed by atoms with E-state index in [0.717, 1.165) is 0 Å². The Hall–Kier alpha value is -2.65. The van der Waals surface area contributed by atoms with Crippen molar-refractivity contribution in [1.82, 2.24) is 0 Å². The highest BCUT2D eigenvalue weighted by atomic mass is 32.2. The molecule has 0 atom stereocenters. The van der Waals surface area contributed by atoms with Crippen LogP contribution in [0.5, 0.6) is 17.2 Å². The zero-order valence-electron chi connectivity index (χ0n) is 16.3. The molecule has 2 aromatic rings. The van der Waals surface area contributed by atoms with Crippen molar-refractivity contribution >= 4 is 46.0 Å². The van der Waals surface area contributed by atoms with Gasteiger partial charge in [-0.1, -0.05) is 30.0 Å². The van der Waals surface area contributed by atoms with Crippen molar-refractivity contribution in [3.05, 3.63) is 52.9 Å². The second-order valence-corrected chi connectivity index (χ2v) is 7.64. The molecule has 1 amide bonds. The lowest BCUT2D eigenvalue weighted by molar-refractivity contribution is -0.113. The largest absolute Gasteiger partial charge is 0.494 e. The number of thioether (sulfide) groups is 1. The number of hydrogen-bond donors (Lipinski definition) is 0. The zero-order chi connectivity index (χ0) is 21.7. The number of amides is 1. The SMILES string of the molecule is CCOc1ccc(N2C(=O)/C(=C/c3ccc(OC(F)F)c(OCC)c3)SC2=S)cc1. The number of carbonyl (C=O) groups excluding carboxylic acids is 1. The van der Waals surface area contributed by atoms with Crippen molar-refractivity contribution in [2.45, 2.75) is 20.5 Å². The predicted octanol–water partition coefficient (Wildman–Crippen LogP) is 5.49. The first-order valence-electron chi connectivity index (χ1n) is 9.15. The smallest absolute Gasteiger partial charge is 0.387 e. The number of benzene rings is 2. The summed E-state index contributed by atoms with van der Waals surface area (Å²) < 4.78 is 40.8. The number of nitrogens with zero attached hydrogens (tertiary/aromatic N) is 1. The predicted molar refractivity (Wildman–Crippen MR) is 118 cm³/mol. The maximum absolute atomic E-state index is 12.9. The summed E-state index contributed by atoms with van der Waals surface area (Å²) in [5.41, 5.74) is 1.24. The van der Waals surface area contributed by atoms with E-state index in [1.54, 1.807) is 49.4 Å². The van der Waals surface area contributed by atoms with Gasteiger partial charge in [0.25, 0.3) is 5.91 Å². The molecular formula is C21H19F2NO4S2. The number of ether oxygens (including phenoxy) is 3. The highest BCUT2D eigenvalue weighted by Gasteiger charge is 2.33. The molecule has 1 aliphatic heterocycles. The van der Waals surface area contributed by atoms with Gasteiger partial charge in [0.1, 0.15) is 5.75 Å². The minimum Gasteiger partial charge on any atom is -0.494 e. The quantitative estimate of drug-likeness (QED) is 0.391. The molecule has 0 N–H and O–H groups in total. The van der Waals surface area contributed by atoms with Gasteiger partial charge in [0.05, 0.1) is 23.8 Å². The second kappa shape index (κ2) is 9.90. The van der Waals surface area contributed by atoms with Crippen LogP contribution in [0, 0.1) is 0 Å². The van der Waals surface area contributed by atoms with Gasteiger partial charge in [-0.25, -0.2) is 0 Å². The standard InChI is InChI=1S/C21H19F2NO4S2/c1-3-26-15-8-6-14(7-9-15)24-19(25)18(30-21(24)29)12-13-5-10-16(28-20(22)23)17(11-13)27-4-2/h5-12,20H,3-4H2,1-2H3/b18-12-. The van der Waals surface area contributed by atoms with E-state index in [0.29, 0.717) is 32.8 Å². The molecule has 0 unspecified atom stereocenters. The van der Waals surface area contributed by atoms with Gasteiger partial charge in [-0.2, -0.15) is 8.78 Å². The average molecular weight is 452 g/mol. The van der Waals surface area contributed by atoms with Crippen molar-refractivity contribution in [2.75, 3.05) is 18.1 Å². The fraction of sp³-hybridized carbons (Fsp3) is 0.238. The van der Waals surface area contributed by atoms with E-state index < -0.39 is 6.61 Å². The second-order valence-electron chi connectivity index (χ2n) is 5.96. The Kier molecular flexibility index (Phi) is 7.28. The first-order chi connectivity index (χ1) is 14.4. The monoisotopic (exact) mass is 451 g/mol. The molecule has 0 aliphatic carbocycles. The molecule has 0 saturated carbocycles. The molecular weight excluding hydrogens is 432 g/mol. The molecule has 0 spiro atoms. The summed E-state index contributed by atoms with van der Waals surface area (Å²) in [7, 11) is 0. The number of halogens is 2. The van der Waals surface area contributed by atoms with E-state index in [4.69, 9.17) is 21.7 Å². The number of carbonyl (C=O) groups is 1. The summed E-state index contributed by atoms with van der Waals surface area (Å²) in [6, 6.07) is 11.6. The van der Waals surface area contributed by atoms with Crippen LogP contribution >= 0.6 is 24.0 Å². The highest BCUT2D eigenvalue weighted by Crippen LogP contribution is 2.38. The van der Waals surface area contributed by atoms with Crippen LogP contribution in [-0.4, -0.2) is 30.1 Å². The Morgan fingerprint density at radius 1 is 1.07 bits per heavy atom. The van der Waals surface area contributed by atoms with Crippen LogP contribution in [0.4, 0.5) is 14.5 Å². The van der Waals surface area contributed by atoms with Gasteiger partial charge in [0, 0.05) is 0 Å². The van der Waals surface area contributed by atoms with Gasteiger partial charge in [0.2, 0.25) is 0 Å². The van der Waals surface area contributed by atoms with Crippen LogP contribution in [0.1, 0.15) is 19.4 Å². The summed E-state index contributed by atoms with van der Waals surface area (Å²) in [5, 5.41) is 0. The molecule has 1 heterocycles. The van der Waals surface area contributed by atoms with Crippen molar-refractivity contribution < 1.29 is 27.8 Å². The molecule has 9 heteroatoms. The topological polar surface area (TPSA) is 48.0 Å². The Labute approximate surface area is 182 Å². The maximum Gasteiger partial charge on any atom is 0.387 e. The Balaban J connectivity index is 1.85. The summed E-state index contributed by atoms with van der Waals surface area (Å²) in [6.45, 7) is 1.50. The first kappa shape index (κ1) is 22.0. The first-order valence-corrected chi connectivity index (χ1v) is 10.4. The normalized spacial score (nSPS) is 15.2. The van der Waals surface area contributed by atoms with Crippen LogP contribution in [0.25, 0.3) is 6.08 Å². The summed E-state index contributed by atoms with van der Waals surface area (Å²) >= 11 is 6.55. The molecule has 30 heavy (non-hydrogen) atoms. The van der Waals surface area contributed by atoms with E-state index in [1.807, 2.05) is 6.92 Å². The van der Waals surface area contributed by atoms with Crippen LogP contribution in [0.2, 0.25) is 0 Å². The molecule has 1 fully saturated rings. The number of anilines is 1. The zero-order valence-corrected chi connectivity index (χ0v) is 17.9. The molecule has 0 radical (unpaired) electrons. The molecule has 1 aliphatic rings. The minimum absolute atomic E-state index is 0.0639. The number of rotatable bonds is 8. The van der Waals surface area contributed by atoms with E-state index in [1.165, 1.54) is 22.7 Å². The lowest BCUT2D eigenvalue weighted by atomic mass is 10.1. The summed E-state index contributed by atoms with van der Waals surface area (Å²) in [6.07, 6.45) is 1.64. The van der Waals surface area contributed by atoms with E-state index in [9.17, 15) is 13.6 Å². The van der Waals surface area contributed by atoms with Crippen LogP contribution in [-0.2, 0) is 4.79 Å². The van der Waals surface area contributed by atoms with Crippen LogP contribution in [0.3, 0.4) is 0 Å².